The van der Waals surface area contributed by atoms with Gasteiger partial charge in [-0.15, -0.1) is 0 Å². The van der Waals surface area contributed by atoms with E-state index in [1.807, 2.05) is 12.3 Å². The molecular weight excluding hydrogens is 424 g/mol. The van der Waals surface area contributed by atoms with E-state index in [2.05, 4.69) is 86.4 Å². The molecule has 0 amide bonds. The molecule has 0 spiro atoms. The molecule has 1 fully saturated rings. The van der Waals surface area contributed by atoms with Gasteiger partial charge in [0, 0.05) is 18.7 Å². The molecule has 174 valence electrons. The molecule has 0 saturated heterocycles. The molecule has 1 N–H and O–H groups in total. The molecule has 33 heavy (non-hydrogen) atoms. The maximum atomic E-state index is 9.45. The summed E-state index contributed by atoms with van der Waals surface area (Å²) in [5, 5.41) is 11.9. The first-order valence-corrected chi connectivity index (χ1v) is 14.0. The number of aliphatic hydroxyl groups excluding tert-OH is 1. The lowest BCUT2D eigenvalue weighted by Crippen LogP contribution is -2.66. The number of nitrogens with zero attached hydrogens (tertiary/aromatic N) is 2. The molecule has 3 aromatic rings. The van der Waals surface area contributed by atoms with E-state index in [9.17, 15) is 5.11 Å². The zero-order valence-corrected chi connectivity index (χ0v) is 21.1. The van der Waals surface area contributed by atoms with Gasteiger partial charge in [-0.2, -0.15) is 0 Å². The van der Waals surface area contributed by atoms with Crippen LogP contribution in [-0.4, -0.2) is 30.0 Å². The maximum Gasteiger partial charge on any atom is 0.261 e. The van der Waals surface area contributed by atoms with E-state index in [0.717, 1.165) is 37.2 Å². The van der Waals surface area contributed by atoms with Gasteiger partial charge in [-0.3, -0.25) is 0 Å². The van der Waals surface area contributed by atoms with Crippen LogP contribution in [0.3, 0.4) is 0 Å². The second-order valence-corrected chi connectivity index (χ2v) is 14.6. The van der Waals surface area contributed by atoms with Gasteiger partial charge in [0.2, 0.25) is 0 Å². The average Bonchev–Trinajstić information content (AvgIpc) is 2.85. The van der Waals surface area contributed by atoms with E-state index < -0.39 is 8.32 Å². The highest BCUT2D eigenvalue weighted by Gasteiger charge is 2.50. The third kappa shape index (κ3) is 5.11. The highest BCUT2D eigenvalue weighted by molar-refractivity contribution is 6.99. The van der Waals surface area contributed by atoms with Crippen molar-refractivity contribution in [1.82, 2.24) is 9.97 Å². The fourth-order valence-corrected chi connectivity index (χ4v) is 9.76. The van der Waals surface area contributed by atoms with Gasteiger partial charge in [-0.25, -0.2) is 9.97 Å². The van der Waals surface area contributed by atoms with Crippen molar-refractivity contribution in [1.29, 1.82) is 0 Å². The molecule has 1 saturated carbocycles. The average molecular weight is 461 g/mol. The molecule has 0 radical (unpaired) electrons. The van der Waals surface area contributed by atoms with Crippen molar-refractivity contribution in [3.8, 4) is 0 Å². The Hall–Kier alpha value is -2.34. The number of hydrogen-bond acceptors (Lipinski definition) is 4. The summed E-state index contributed by atoms with van der Waals surface area (Å²) in [6.07, 6.45) is 6.07. The van der Waals surface area contributed by atoms with E-state index in [1.165, 1.54) is 10.4 Å². The monoisotopic (exact) mass is 460 g/mol. The van der Waals surface area contributed by atoms with Crippen molar-refractivity contribution in [2.45, 2.75) is 64.0 Å². The Balaban J connectivity index is 1.63. The molecule has 0 atom stereocenters. The van der Waals surface area contributed by atoms with Crippen molar-refractivity contribution in [3.63, 3.8) is 0 Å². The summed E-state index contributed by atoms with van der Waals surface area (Å²) in [6, 6.07) is 23.4. The summed E-state index contributed by atoms with van der Waals surface area (Å²) in [4.78, 5) is 9.55. The Kier molecular flexibility index (Phi) is 7.42. The highest BCUT2D eigenvalue weighted by Crippen LogP contribution is 2.37. The van der Waals surface area contributed by atoms with Crippen LogP contribution >= 0.6 is 0 Å². The minimum Gasteiger partial charge on any atom is -0.401 e. The van der Waals surface area contributed by atoms with Crippen molar-refractivity contribution in [2.24, 2.45) is 5.92 Å². The molecule has 4 rings (SSSR count). The molecule has 1 aromatic heterocycles. The second-order valence-electron chi connectivity index (χ2n) is 10.3. The van der Waals surface area contributed by atoms with Gasteiger partial charge in [0.25, 0.3) is 8.32 Å². The topological polar surface area (TPSA) is 55.2 Å². The molecular formula is C28H36N2O2Si. The molecule has 2 aromatic carbocycles. The summed E-state index contributed by atoms with van der Waals surface area (Å²) >= 11 is 0. The Morgan fingerprint density at radius 3 is 1.97 bits per heavy atom. The standard InChI is InChI=1S/C28H36N2O2Si/c1-28(2,3)33(25-10-6-4-7-11-25,26-12-8-5-9-13-26)32-21-24-18-19-29-27(30-24)23-16-14-22(20-31)15-17-23/h4-13,18-19,22-23,31H,14-17,20-21H2,1-3H3/t22-,23-. The lowest BCUT2D eigenvalue weighted by molar-refractivity contribution is 0.181. The fraction of sp³-hybridized carbons (Fsp3) is 0.429. The van der Waals surface area contributed by atoms with Gasteiger partial charge >= 0.3 is 0 Å². The number of benzene rings is 2. The smallest absolute Gasteiger partial charge is 0.261 e. The fourth-order valence-electron chi connectivity index (χ4n) is 5.24. The Labute approximate surface area is 199 Å². The van der Waals surface area contributed by atoms with Gasteiger partial charge in [0.15, 0.2) is 0 Å². The molecule has 4 nitrogen and oxygen atoms in total. The minimum atomic E-state index is -2.59. The minimum absolute atomic E-state index is 0.0613. The summed E-state index contributed by atoms with van der Waals surface area (Å²) in [6.45, 7) is 7.65. The maximum absolute atomic E-state index is 9.45. The van der Waals surface area contributed by atoms with Crippen molar-refractivity contribution in [2.75, 3.05) is 6.61 Å². The van der Waals surface area contributed by atoms with Crippen LogP contribution in [0.25, 0.3) is 0 Å². The van der Waals surface area contributed by atoms with Crippen LogP contribution < -0.4 is 10.4 Å². The third-order valence-electron chi connectivity index (χ3n) is 7.06. The van der Waals surface area contributed by atoms with Crippen molar-refractivity contribution in [3.05, 3.63) is 84.4 Å². The zero-order chi connectivity index (χ0) is 23.3. The Morgan fingerprint density at radius 1 is 0.879 bits per heavy atom. The normalized spacial score (nSPS) is 19.4. The van der Waals surface area contributed by atoms with E-state index in [1.54, 1.807) is 0 Å². The molecule has 5 heteroatoms. The molecule has 1 heterocycles. The predicted octanol–water partition coefficient (Wildman–Crippen LogP) is 4.82. The predicted molar refractivity (Wildman–Crippen MR) is 136 cm³/mol. The van der Waals surface area contributed by atoms with Gasteiger partial charge in [-0.1, -0.05) is 81.4 Å². The first kappa shape index (κ1) is 23.8. The van der Waals surface area contributed by atoms with Crippen LogP contribution in [0.4, 0.5) is 0 Å². The number of hydrogen-bond donors (Lipinski definition) is 1. The highest BCUT2D eigenvalue weighted by atomic mass is 28.4. The largest absolute Gasteiger partial charge is 0.401 e. The summed E-state index contributed by atoms with van der Waals surface area (Å²) in [5.41, 5.74) is 0.942. The van der Waals surface area contributed by atoms with Crippen LogP contribution in [0.5, 0.6) is 0 Å². The van der Waals surface area contributed by atoms with Gasteiger partial charge < -0.3 is 9.53 Å². The molecule has 0 bridgehead atoms. The van der Waals surface area contributed by atoms with Gasteiger partial charge in [0.05, 0.1) is 12.3 Å². The van der Waals surface area contributed by atoms with Crippen LogP contribution in [-0.2, 0) is 11.0 Å². The third-order valence-corrected chi connectivity index (χ3v) is 12.0. The van der Waals surface area contributed by atoms with Crippen LogP contribution in [0.1, 0.15) is 63.9 Å². The quantitative estimate of drug-likeness (QED) is 0.514. The molecule has 1 aliphatic rings. The first-order valence-electron chi connectivity index (χ1n) is 12.1. The van der Waals surface area contributed by atoms with Crippen LogP contribution in [0.2, 0.25) is 5.04 Å². The summed E-state index contributed by atoms with van der Waals surface area (Å²) in [7, 11) is -2.59. The summed E-state index contributed by atoms with van der Waals surface area (Å²) in [5.74, 6) is 1.73. The van der Waals surface area contributed by atoms with Crippen molar-refractivity contribution < 1.29 is 9.53 Å². The van der Waals surface area contributed by atoms with Gasteiger partial charge in [-0.05, 0) is 53.1 Å². The number of rotatable bonds is 7. The zero-order valence-electron chi connectivity index (χ0n) is 20.1. The molecule has 1 aliphatic carbocycles. The number of aliphatic hydroxyl groups is 1. The second kappa shape index (κ2) is 10.3. The van der Waals surface area contributed by atoms with E-state index in [0.29, 0.717) is 25.0 Å². The lowest BCUT2D eigenvalue weighted by atomic mass is 9.82. The SMILES string of the molecule is CC(C)(C)[Si](OCc1ccnc([C@H]2CC[C@H](CO)CC2)n1)(c1ccccc1)c1ccccc1. The van der Waals surface area contributed by atoms with Crippen molar-refractivity contribution >= 4 is 18.7 Å². The first-order chi connectivity index (χ1) is 15.9. The Bertz CT molecular complexity index is 973. The summed E-state index contributed by atoms with van der Waals surface area (Å²) < 4.78 is 7.04. The van der Waals surface area contributed by atoms with Crippen LogP contribution in [0.15, 0.2) is 72.9 Å². The van der Waals surface area contributed by atoms with Crippen LogP contribution in [0, 0.1) is 5.92 Å². The van der Waals surface area contributed by atoms with E-state index in [-0.39, 0.29) is 5.04 Å². The Morgan fingerprint density at radius 2 is 1.45 bits per heavy atom. The van der Waals surface area contributed by atoms with E-state index in [4.69, 9.17) is 9.41 Å². The lowest BCUT2D eigenvalue weighted by Gasteiger charge is -2.43. The molecule has 0 aliphatic heterocycles. The van der Waals surface area contributed by atoms with E-state index >= 15 is 0 Å². The van der Waals surface area contributed by atoms with Gasteiger partial charge in [0.1, 0.15) is 5.82 Å². The number of aromatic nitrogens is 2. The molecule has 0 unspecified atom stereocenters.